The van der Waals surface area contributed by atoms with Gasteiger partial charge >= 0.3 is 0 Å². The van der Waals surface area contributed by atoms with Gasteiger partial charge < -0.3 is 0 Å². The summed E-state index contributed by atoms with van der Waals surface area (Å²) >= 11 is 0. The molecule has 0 spiro atoms. The molecule has 0 bridgehead atoms. The molecule has 0 saturated heterocycles. The van der Waals surface area contributed by atoms with Crippen LogP contribution in [0, 0.1) is 23.4 Å². The summed E-state index contributed by atoms with van der Waals surface area (Å²) in [5.41, 5.74) is 2.69. The van der Waals surface area contributed by atoms with Crippen molar-refractivity contribution in [3.8, 4) is 0 Å². The van der Waals surface area contributed by atoms with Gasteiger partial charge in [-0.05, 0) is 24.8 Å². The molecule has 19 heavy (non-hydrogen) atoms. The van der Waals surface area contributed by atoms with Crippen LogP contribution >= 0.6 is 0 Å². The summed E-state index contributed by atoms with van der Waals surface area (Å²) < 4.78 is 40.1. The molecule has 106 valence electrons. The Hall–Kier alpha value is -1.07. The van der Waals surface area contributed by atoms with Gasteiger partial charge in [-0.1, -0.05) is 31.7 Å². The lowest BCUT2D eigenvalue weighted by molar-refractivity contribution is 0.315. The first kappa shape index (κ1) is 14.3. The largest absolute Gasteiger partial charge is 0.271 e. The average molecular weight is 272 g/mol. The molecule has 1 fully saturated rings. The summed E-state index contributed by atoms with van der Waals surface area (Å²) in [5, 5.41) is 0. The zero-order chi connectivity index (χ0) is 13.8. The van der Waals surface area contributed by atoms with Crippen molar-refractivity contribution in [1.82, 2.24) is 5.43 Å². The molecule has 2 nitrogen and oxygen atoms in total. The second-order valence-corrected chi connectivity index (χ2v) is 5.16. The lowest BCUT2D eigenvalue weighted by atomic mass is 9.87. The zero-order valence-electron chi connectivity index (χ0n) is 10.8. The van der Waals surface area contributed by atoms with Crippen LogP contribution in [-0.2, 0) is 0 Å². The van der Waals surface area contributed by atoms with Crippen molar-refractivity contribution in [2.24, 2.45) is 11.8 Å². The first-order valence-corrected chi connectivity index (χ1v) is 6.74. The molecule has 1 aliphatic carbocycles. The van der Waals surface area contributed by atoms with Crippen LogP contribution in [0.5, 0.6) is 0 Å². The molecule has 2 rings (SSSR count). The van der Waals surface area contributed by atoms with Crippen molar-refractivity contribution < 1.29 is 13.2 Å². The number of halogens is 3. The Morgan fingerprint density at radius 2 is 1.63 bits per heavy atom. The third-order valence-electron chi connectivity index (χ3n) is 3.95. The maximum atomic E-state index is 13.8. The number of hydrogen-bond acceptors (Lipinski definition) is 2. The van der Waals surface area contributed by atoms with Gasteiger partial charge in [-0.2, -0.15) is 0 Å². The number of hydrazine groups is 1. The van der Waals surface area contributed by atoms with Crippen LogP contribution in [0.1, 0.15) is 50.1 Å². The van der Waals surface area contributed by atoms with E-state index >= 15 is 0 Å². The number of nitrogens with two attached hydrogens (primary N) is 1. The smallest absolute Gasteiger partial charge is 0.194 e. The van der Waals surface area contributed by atoms with Gasteiger partial charge in [0.25, 0.3) is 0 Å². The van der Waals surface area contributed by atoms with Crippen molar-refractivity contribution in [3.63, 3.8) is 0 Å². The number of rotatable bonds is 3. The van der Waals surface area contributed by atoms with Crippen molar-refractivity contribution >= 4 is 0 Å². The molecule has 0 heterocycles. The molecule has 0 aliphatic heterocycles. The Kier molecular flexibility index (Phi) is 4.82. The second-order valence-electron chi connectivity index (χ2n) is 5.16. The number of hydrogen-bond donors (Lipinski definition) is 2. The van der Waals surface area contributed by atoms with Gasteiger partial charge in [0.15, 0.2) is 17.5 Å². The highest BCUT2D eigenvalue weighted by atomic mass is 19.2. The predicted molar refractivity (Wildman–Crippen MR) is 67.6 cm³/mol. The van der Waals surface area contributed by atoms with Gasteiger partial charge in [0.1, 0.15) is 0 Å². The molecular formula is C14H19F3N2. The second kappa shape index (κ2) is 6.39. The van der Waals surface area contributed by atoms with Crippen LogP contribution in [0.15, 0.2) is 12.1 Å². The summed E-state index contributed by atoms with van der Waals surface area (Å²) in [6, 6.07) is 1.77. The maximum absolute atomic E-state index is 13.8. The molecule has 0 radical (unpaired) electrons. The van der Waals surface area contributed by atoms with Gasteiger partial charge in [-0.25, -0.2) is 13.2 Å². The lowest BCUT2D eigenvalue weighted by Gasteiger charge is -2.26. The monoisotopic (exact) mass is 272 g/mol. The molecule has 1 unspecified atom stereocenters. The average Bonchev–Trinajstić information content (AvgIpc) is 2.69. The fourth-order valence-electron chi connectivity index (χ4n) is 2.91. The van der Waals surface area contributed by atoms with Gasteiger partial charge in [-0.3, -0.25) is 11.3 Å². The van der Waals surface area contributed by atoms with Crippen LogP contribution in [0.2, 0.25) is 0 Å². The zero-order valence-corrected chi connectivity index (χ0v) is 10.8. The van der Waals surface area contributed by atoms with E-state index in [1.165, 1.54) is 6.07 Å². The predicted octanol–water partition coefficient (Wildman–Crippen LogP) is 3.58. The van der Waals surface area contributed by atoms with Crippen molar-refractivity contribution in [2.45, 2.75) is 44.6 Å². The summed E-state index contributed by atoms with van der Waals surface area (Å²) in [7, 11) is 0. The fourth-order valence-corrected chi connectivity index (χ4v) is 2.91. The summed E-state index contributed by atoms with van der Waals surface area (Å²) in [4.78, 5) is 0. The van der Waals surface area contributed by atoms with Crippen LogP contribution in [0.4, 0.5) is 13.2 Å². The topological polar surface area (TPSA) is 38.0 Å². The van der Waals surface area contributed by atoms with E-state index in [1.54, 1.807) is 0 Å². The molecule has 1 atom stereocenters. The van der Waals surface area contributed by atoms with E-state index in [9.17, 15) is 13.2 Å². The Balaban J connectivity index is 2.28. The van der Waals surface area contributed by atoms with E-state index in [2.05, 4.69) is 5.43 Å². The van der Waals surface area contributed by atoms with Gasteiger partial charge in [0, 0.05) is 5.56 Å². The highest BCUT2D eigenvalue weighted by Gasteiger charge is 2.27. The highest BCUT2D eigenvalue weighted by molar-refractivity contribution is 5.24. The van der Waals surface area contributed by atoms with Crippen LogP contribution in [-0.4, -0.2) is 0 Å². The van der Waals surface area contributed by atoms with E-state index in [0.29, 0.717) is 0 Å². The SMILES string of the molecule is NNC(c1ccc(F)c(F)c1F)C1CCCCCC1. The Morgan fingerprint density at radius 3 is 2.21 bits per heavy atom. The van der Waals surface area contributed by atoms with Crippen LogP contribution in [0.3, 0.4) is 0 Å². The van der Waals surface area contributed by atoms with Gasteiger partial charge in [0.05, 0.1) is 6.04 Å². The molecule has 0 aromatic heterocycles. The van der Waals surface area contributed by atoms with Crippen molar-refractivity contribution in [3.05, 3.63) is 35.1 Å². The van der Waals surface area contributed by atoms with E-state index < -0.39 is 23.5 Å². The lowest BCUT2D eigenvalue weighted by Crippen LogP contribution is -2.34. The quantitative estimate of drug-likeness (QED) is 0.382. The standard InChI is InChI=1S/C14H19F3N2/c15-11-8-7-10(12(16)13(11)17)14(19-18)9-5-3-1-2-4-6-9/h7-9,14,19H,1-6,18H2. The van der Waals surface area contributed by atoms with Gasteiger partial charge in [0.2, 0.25) is 0 Å². The molecule has 1 saturated carbocycles. The minimum atomic E-state index is -1.42. The third kappa shape index (κ3) is 3.09. The fraction of sp³-hybridized carbons (Fsp3) is 0.571. The Morgan fingerprint density at radius 1 is 1.00 bits per heavy atom. The summed E-state index contributed by atoms with van der Waals surface area (Å²) in [6.07, 6.45) is 6.30. The molecule has 1 aromatic rings. The minimum Gasteiger partial charge on any atom is -0.271 e. The highest BCUT2D eigenvalue weighted by Crippen LogP contribution is 2.34. The van der Waals surface area contributed by atoms with E-state index in [1.807, 2.05) is 0 Å². The molecular weight excluding hydrogens is 253 g/mol. The Labute approximate surface area is 111 Å². The first-order chi connectivity index (χ1) is 9.15. The Bertz CT molecular complexity index is 429. The van der Waals surface area contributed by atoms with Crippen molar-refractivity contribution in [1.29, 1.82) is 0 Å². The normalized spacial score (nSPS) is 19.2. The summed E-state index contributed by atoms with van der Waals surface area (Å²) in [5.74, 6) is 1.94. The number of nitrogens with one attached hydrogen (secondary N) is 1. The molecule has 3 N–H and O–H groups in total. The minimum absolute atomic E-state index is 0.119. The molecule has 1 aromatic carbocycles. The van der Waals surface area contributed by atoms with Crippen LogP contribution < -0.4 is 11.3 Å². The molecule has 0 amide bonds. The number of benzene rings is 1. The van der Waals surface area contributed by atoms with E-state index in [0.717, 1.165) is 44.6 Å². The van der Waals surface area contributed by atoms with Crippen LogP contribution in [0.25, 0.3) is 0 Å². The van der Waals surface area contributed by atoms with Crippen molar-refractivity contribution in [2.75, 3.05) is 0 Å². The third-order valence-corrected chi connectivity index (χ3v) is 3.95. The van der Waals surface area contributed by atoms with Gasteiger partial charge in [-0.15, -0.1) is 0 Å². The van der Waals surface area contributed by atoms with E-state index in [4.69, 9.17) is 5.84 Å². The first-order valence-electron chi connectivity index (χ1n) is 6.74. The molecule has 1 aliphatic rings. The summed E-state index contributed by atoms with van der Waals surface area (Å²) in [6.45, 7) is 0. The molecule has 5 heteroatoms. The van der Waals surface area contributed by atoms with E-state index in [-0.39, 0.29) is 11.5 Å². The maximum Gasteiger partial charge on any atom is 0.194 e.